The van der Waals surface area contributed by atoms with Crippen LogP contribution in [-0.4, -0.2) is 12.6 Å². The highest BCUT2D eigenvalue weighted by atomic mass is 32.1. The Bertz CT molecular complexity index is 2440. The summed E-state index contributed by atoms with van der Waals surface area (Å²) in [6.45, 7) is 0. The Labute approximate surface area is 267 Å². The van der Waals surface area contributed by atoms with Crippen molar-refractivity contribution in [3.63, 3.8) is 0 Å². The fourth-order valence-corrected chi connectivity index (χ4v) is 13.3. The largest absolute Gasteiger partial charge is 0.309 e. The monoisotopic (exact) mass is 607 g/mol. The van der Waals surface area contributed by atoms with Gasteiger partial charge in [0.1, 0.15) is 0 Å². The molecule has 1 nitrogen and oxygen atoms in total. The number of nitrogens with zero attached hydrogens (tertiary/aromatic N) is 1. The molecule has 0 saturated heterocycles. The van der Waals surface area contributed by atoms with E-state index >= 15 is 0 Å². The van der Waals surface area contributed by atoms with Crippen LogP contribution in [0.4, 0.5) is 0 Å². The molecule has 7 aromatic carbocycles. The minimum absolute atomic E-state index is 1.18. The van der Waals surface area contributed by atoms with E-state index < -0.39 is 8.07 Å². The Balaban J connectivity index is 1.41. The lowest BCUT2D eigenvalue weighted by atomic mass is 10.1. The molecule has 9 aromatic rings. The normalized spacial score (nSPS) is 12.0. The molecular formula is C42H29NSSi. The molecule has 0 unspecified atom stereocenters. The highest BCUT2D eigenvalue weighted by molar-refractivity contribution is 7.26. The van der Waals surface area contributed by atoms with E-state index in [1.54, 1.807) is 0 Å². The van der Waals surface area contributed by atoms with Crippen molar-refractivity contribution in [1.82, 2.24) is 4.57 Å². The van der Waals surface area contributed by atoms with Gasteiger partial charge in [-0.2, -0.15) is 0 Å². The molecule has 0 aliphatic rings. The zero-order chi connectivity index (χ0) is 29.8. The van der Waals surface area contributed by atoms with Crippen molar-refractivity contribution in [3.8, 4) is 5.69 Å². The number of hydrogen-bond acceptors (Lipinski definition) is 1. The van der Waals surface area contributed by atoms with Crippen molar-refractivity contribution in [2.45, 2.75) is 0 Å². The third-order valence-electron chi connectivity index (χ3n) is 9.34. The number of benzene rings is 7. The molecule has 0 N–H and O–H groups in total. The van der Waals surface area contributed by atoms with Gasteiger partial charge in [-0.05, 0) is 57.1 Å². The Morgan fingerprint density at radius 1 is 0.356 bits per heavy atom. The average molecular weight is 608 g/mol. The fraction of sp³-hybridized carbons (Fsp3) is 0. The maximum absolute atomic E-state index is 2.76. The maximum Gasteiger partial charge on any atom is 0.179 e. The lowest BCUT2D eigenvalue weighted by Gasteiger charge is -2.34. The summed E-state index contributed by atoms with van der Waals surface area (Å²) in [5.41, 5.74) is 3.64. The van der Waals surface area contributed by atoms with Gasteiger partial charge in [0, 0.05) is 36.6 Å². The van der Waals surface area contributed by atoms with Crippen LogP contribution >= 0.6 is 11.3 Å². The summed E-state index contributed by atoms with van der Waals surface area (Å²) in [4.78, 5) is 0. The molecule has 0 aliphatic heterocycles. The minimum Gasteiger partial charge on any atom is -0.309 e. The first kappa shape index (κ1) is 26.2. The second-order valence-electron chi connectivity index (χ2n) is 11.7. The van der Waals surface area contributed by atoms with Crippen LogP contribution in [-0.2, 0) is 0 Å². The van der Waals surface area contributed by atoms with Gasteiger partial charge >= 0.3 is 0 Å². The molecule has 45 heavy (non-hydrogen) atoms. The molecule has 0 atom stereocenters. The van der Waals surface area contributed by atoms with E-state index in [0.717, 1.165) is 0 Å². The van der Waals surface area contributed by atoms with Crippen molar-refractivity contribution < 1.29 is 0 Å². The Morgan fingerprint density at radius 2 is 0.867 bits per heavy atom. The SMILES string of the molecule is c1ccc(-n2c3ccccc3c3cc([Si](c4ccccc4)(c4ccccc4)c4ccc5sc6ccccc6c5c4)ccc32)cc1. The van der Waals surface area contributed by atoms with Gasteiger partial charge in [0.2, 0.25) is 0 Å². The van der Waals surface area contributed by atoms with Crippen LogP contribution in [0.25, 0.3) is 47.7 Å². The van der Waals surface area contributed by atoms with E-state index in [4.69, 9.17) is 0 Å². The predicted molar refractivity (Wildman–Crippen MR) is 197 cm³/mol. The number of fused-ring (bicyclic) bond motifs is 6. The first-order valence-electron chi connectivity index (χ1n) is 15.4. The lowest BCUT2D eigenvalue weighted by molar-refractivity contribution is 1.18. The van der Waals surface area contributed by atoms with Crippen molar-refractivity contribution in [2.75, 3.05) is 0 Å². The molecule has 0 fully saturated rings. The average Bonchev–Trinajstić information content (AvgIpc) is 3.65. The van der Waals surface area contributed by atoms with Gasteiger partial charge in [0.05, 0.1) is 11.0 Å². The molecule has 0 aliphatic carbocycles. The standard InChI is InChI=1S/C42H29NSSi/c1-4-14-30(15-5-1)43-39-22-12-10-20-35(39)37-28-33(24-26-40(37)43)45(31-16-6-2-7-17-31,32-18-8-3-9-19-32)34-25-27-42-38(29-34)36-21-11-13-23-41(36)44-42/h1-29H. The smallest absolute Gasteiger partial charge is 0.179 e. The zero-order valence-corrected chi connectivity index (χ0v) is 26.4. The van der Waals surface area contributed by atoms with Crippen molar-refractivity contribution in [1.29, 1.82) is 0 Å². The Hall–Kier alpha value is -5.22. The molecule has 2 heterocycles. The summed E-state index contributed by atoms with van der Waals surface area (Å²) in [7, 11) is -2.76. The zero-order valence-electron chi connectivity index (χ0n) is 24.6. The number of aromatic nitrogens is 1. The van der Waals surface area contributed by atoms with Gasteiger partial charge in [-0.3, -0.25) is 0 Å². The van der Waals surface area contributed by atoms with E-state index in [0.29, 0.717) is 0 Å². The molecule has 2 aromatic heterocycles. The molecule has 0 spiro atoms. The molecule has 0 saturated carbocycles. The topological polar surface area (TPSA) is 4.93 Å². The Morgan fingerprint density at radius 3 is 1.58 bits per heavy atom. The lowest BCUT2D eigenvalue weighted by Crippen LogP contribution is -2.74. The van der Waals surface area contributed by atoms with Crippen molar-refractivity contribution >= 4 is 82.1 Å². The van der Waals surface area contributed by atoms with Gasteiger partial charge in [0.25, 0.3) is 0 Å². The summed E-state index contributed by atoms with van der Waals surface area (Å²) < 4.78 is 5.09. The van der Waals surface area contributed by atoms with Gasteiger partial charge in [-0.25, -0.2) is 0 Å². The van der Waals surface area contributed by atoms with Crippen LogP contribution in [0.3, 0.4) is 0 Å². The molecule has 0 amide bonds. The molecule has 0 bridgehead atoms. The van der Waals surface area contributed by atoms with Gasteiger partial charge in [-0.15, -0.1) is 11.3 Å². The number of para-hydroxylation sites is 2. The summed E-state index contributed by atoms with van der Waals surface area (Å²) in [6.07, 6.45) is 0. The van der Waals surface area contributed by atoms with Gasteiger partial charge in [0.15, 0.2) is 8.07 Å². The third-order valence-corrected chi connectivity index (χ3v) is 15.2. The van der Waals surface area contributed by atoms with E-state index in [1.807, 2.05) is 11.3 Å². The highest BCUT2D eigenvalue weighted by Gasteiger charge is 2.42. The van der Waals surface area contributed by atoms with Crippen LogP contribution < -0.4 is 20.7 Å². The first-order chi connectivity index (χ1) is 22.3. The van der Waals surface area contributed by atoms with Gasteiger partial charge in [-0.1, -0.05) is 140 Å². The summed E-state index contributed by atoms with van der Waals surface area (Å²) in [5.74, 6) is 0. The minimum atomic E-state index is -2.76. The van der Waals surface area contributed by atoms with Crippen LogP contribution in [0, 0.1) is 0 Å². The van der Waals surface area contributed by atoms with E-state index in [-0.39, 0.29) is 0 Å². The van der Waals surface area contributed by atoms with Crippen molar-refractivity contribution in [3.05, 3.63) is 176 Å². The van der Waals surface area contributed by atoms with Crippen molar-refractivity contribution in [2.24, 2.45) is 0 Å². The molecule has 0 radical (unpaired) electrons. The Kier molecular flexibility index (Phi) is 6.08. The molecule has 3 heteroatoms. The van der Waals surface area contributed by atoms with Crippen LogP contribution in [0.5, 0.6) is 0 Å². The number of hydrogen-bond donors (Lipinski definition) is 0. The maximum atomic E-state index is 2.51. The van der Waals surface area contributed by atoms with Crippen LogP contribution in [0.1, 0.15) is 0 Å². The van der Waals surface area contributed by atoms with Crippen LogP contribution in [0.2, 0.25) is 0 Å². The van der Waals surface area contributed by atoms with E-state index in [2.05, 4.69) is 180 Å². The number of thiophene rings is 1. The second-order valence-corrected chi connectivity index (χ2v) is 16.6. The molecule has 212 valence electrons. The predicted octanol–water partition coefficient (Wildman–Crippen LogP) is 8.53. The van der Waals surface area contributed by atoms with E-state index in [9.17, 15) is 0 Å². The summed E-state index contributed by atoms with van der Waals surface area (Å²) >= 11 is 1.89. The number of rotatable bonds is 5. The quantitative estimate of drug-likeness (QED) is 0.137. The molecule has 9 rings (SSSR count). The molecular weight excluding hydrogens is 579 g/mol. The first-order valence-corrected chi connectivity index (χ1v) is 18.3. The fourth-order valence-electron chi connectivity index (χ4n) is 7.40. The summed E-state index contributed by atoms with van der Waals surface area (Å²) in [5, 5.41) is 10.8. The van der Waals surface area contributed by atoms with Crippen LogP contribution in [0.15, 0.2) is 176 Å². The second kappa shape index (κ2) is 10.4. The highest BCUT2D eigenvalue weighted by Crippen LogP contribution is 2.34. The summed E-state index contributed by atoms with van der Waals surface area (Å²) in [6, 6.07) is 65.5. The van der Waals surface area contributed by atoms with Gasteiger partial charge < -0.3 is 4.57 Å². The third kappa shape index (κ3) is 3.98. The van der Waals surface area contributed by atoms with E-state index in [1.165, 1.54) is 68.4 Å².